The van der Waals surface area contributed by atoms with Crippen LogP contribution in [-0.4, -0.2) is 25.6 Å². The van der Waals surface area contributed by atoms with Crippen LogP contribution in [-0.2, 0) is 6.42 Å². The van der Waals surface area contributed by atoms with E-state index in [1.807, 2.05) is 36.4 Å². The Morgan fingerprint density at radius 3 is 1.78 bits per heavy atom. The maximum Gasteiger partial charge on any atom is 0.163 e. The molecule has 0 aromatic heterocycles. The lowest BCUT2D eigenvalue weighted by molar-refractivity contribution is 0.0982. The topological polar surface area (TPSA) is 44.8 Å². The summed E-state index contributed by atoms with van der Waals surface area (Å²) >= 11 is 0. The molecular weight excluding hydrogens is 460 g/mol. The third-order valence-corrected chi connectivity index (χ3v) is 6.60. The Labute approximate surface area is 226 Å². The molecule has 0 radical (unpaired) electrons. The maximum atomic E-state index is 13.1. The molecule has 0 saturated carbocycles. The fourth-order valence-corrected chi connectivity index (χ4v) is 4.28. The van der Waals surface area contributed by atoms with Crippen molar-refractivity contribution < 1.29 is 19.0 Å². The maximum absolute atomic E-state index is 13.1. The van der Waals surface area contributed by atoms with E-state index in [-0.39, 0.29) is 5.78 Å². The molecule has 0 spiro atoms. The minimum absolute atomic E-state index is 0.121. The summed E-state index contributed by atoms with van der Waals surface area (Å²) in [6.07, 6.45) is 15.1. The molecule has 0 bridgehead atoms. The lowest BCUT2D eigenvalue weighted by Crippen LogP contribution is -2.06. The third-order valence-electron chi connectivity index (χ3n) is 6.60. The summed E-state index contributed by atoms with van der Waals surface area (Å²) < 4.78 is 18.0. The number of ether oxygens (including phenoxy) is 3. The first-order valence-electron chi connectivity index (χ1n) is 14.8. The first-order valence-corrected chi connectivity index (χ1v) is 14.8. The molecule has 0 aliphatic rings. The molecule has 4 heteroatoms. The Bertz CT molecular complexity index is 876. The summed E-state index contributed by atoms with van der Waals surface area (Å²) in [6, 6.07) is 13.7. The Balaban J connectivity index is 1.97. The van der Waals surface area contributed by atoms with Gasteiger partial charge in [0.25, 0.3) is 0 Å². The van der Waals surface area contributed by atoms with E-state index in [9.17, 15) is 4.79 Å². The first kappa shape index (κ1) is 30.7. The van der Waals surface area contributed by atoms with Crippen molar-refractivity contribution in [3.8, 4) is 17.2 Å². The van der Waals surface area contributed by atoms with Crippen LogP contribution in [0.2, 0.25) is 0 Å². The van der Waals surface area contributed by atoms with Crippen molar-refractivity contribution in [1.82, 2.24) is 0 Å². The summed E-state index contributed by atoms with van der Waals surface area (Å²) in [6.45, 7) is 8.76. The number of aryl methyl sites for hydroxylation is 1. The Kier molecular flexibility index (Phi) is 16.3. The van der Waals surface area contributed by atoms with Crippen molar-refractivity contribution in [3.05, 3.63) is 53.6 Å². The van der Waals surface area contributed by atoms with Crippen molar-refractivity contribution in [2.45, 2.75) is 111 Å². The van der Waals surface area contributed by atoms with E-state index in [0.29, 0.717) is 31.6 Å². The molecule has 4 nitrogen and oxygen atoms in total. The molecule has 37 heavy (non-hydrogen) atoms. The molecule has 2 rings (SSSR count). The van der Waals surface area contributed by atoms with Gasteiger partial charge in [-0.2, -0.15) is 0 Å². The molecule has 0 amide bonds. The highest BCUT2D eigenvalue weighted by Crippen LogP contribution is 2.27. The van der Waals surface area contributed by atoms with Crippen molar-refractivity contribution in [1.29, 1.82) is 0 Å². The second kappa shape index (κ2) is 19.6. The summed E-state index contributed by atoms with van der Waals surface area (Å²) in [7, 11) is 0. The quantitative estimate of drug-likeness (QED) is 0.117. The van der Waals surface area contributed by atoms with E-state index in [1.54, 1.807) is 0 Å². The lowest BCUT2D eigenvalue weighted by atomic mass is 10.0. The van der Waals surface area contributed by atoms with Crippen LogP contribution in [0.25, 0.3) is 0 Å². The molecule has 206 valence electrons. The normalized spacial score (nSPS) is 10.9. The van der Waals surface area contributed by atoms with Crippen LogP contribution in [0.4, 0.5) is 0 Å². The molecule has 0 aliphatic heterocycles. The van der Waals surface area contributed by atoms with Gasteiger partial charge in [-0.05, 0) is 61.6 Å². The van der Waals surface area contributed by atoms with Crippen LogP contribution in [0.1, 0.15) is 120 Å². The summed E-state index contributed by atoms with van der Waals surface area (Å²) in [5.74, 6) is 2.62. The van der Waals surface area contributed by atoms with E-state index in [4.69, 9.17) is 14.2 Å². The predicted octanol–water partition coefficient (Wildman–Crippen LogP) is 9.38. The molecule has 0 N–H and O–H groups in total. The minimum atomic E-state index is 0.121. The van der Waals surface area contributed by atoms with Gasteiger partial charge in [-0.3, -0.25) is 4.79 Å². The zero-order valence-electron chi connectivity index (χ0n) is 23.7. The van der Waals surface area contributed by atoms with Crippen LogP contribution in [0, 0.1) is 0 Å². The van der Waals surface area contributed by atoms with Gasteiger partial charge in [0.05, 0.1) is 19.8 Å². The molecule has 0 heterocycles. The summed E-state index contributed by atoms with van der Waals surface area (Å²) in [4.78, 5) is 13.1. The van der Waals surface area contributed by atoms with E-state index >= 15 is 0 Å². The number of benzene rings is 2. The predicted molar refractivity (Wildman–Crippen MR) is 154 cm³/mol. The van der Waals surface area contributed by atoms with E-state index in [2.05, 4.69) is 26.8 Å². The van der Waals surface area contributed by atoms with Gasteiger partial charge in [-0.15, -0.1) is 0 Å². The Morgan fingerprint density at radius 2 is 1.19 bits per heavy atom. The molecule has 0 atom stereocenters. The molecular formula is C33H50O4. The van der Waals surface area contributed by atoms with Crippen LogP contribution in [0.5, 0.6) is 17.2 Å². The number of hydrogen-bond acceptors (Lipinski definition) is 4. The van der Waals surface area contributed by atoms with Gasteiger partial charge in [-0.1, -0.05) is 90.7 Å². The Morgan fingerprint density at radius 1 is 0.622 bits per heavy atom. The van der Waals surface area contributed by atoms with Gasteiger partial charge < -0.3 is 14.2 Å². The monoisotopic (exact) mass is 510 g/mol. The van der Waals surface area contributed by atoms with Gasteiger partial charge in [0.2, 0.25) is 0 Å². The van der Waals surface area contributed by atoms with Gasteiger partial charge in [-0.25, -0.2) is 0 Å². The SMILES string of the molecule is CCCCCCOc1cccc(C(=O)CCc2cc(OCCCCCC)ccc2OCCCCCC)c1. The minimum Gasteiger partial charge on any atom is -0.494 e. The molecule has 0 unspecified atom stereocenters. The molecule has 0 saturated heterocycles. The van der Waals surface area contributed by atoms with Gasteiger partial charge in [0.15, 0.2) is 5.78 Å². The van der Waals surface area contributed by atoms with Crippen molar-refractivity contribution >= 4 is 5.78 Å². The van der Waals surface area contributed by atoms with Crippen LogP contribution < -0.4 is 14.2 Å². The highest BCUT2D eigenvalue weighted by molar-refractivity contribution is 5.96. The summed E-state index contributed by atoms with van der Waals surface area (Å²) in [5.41, 5.74) is 1.75. The fraction of sp³-hybridized carbons (Fsp3) is 0.606. The number of ketones is 1. The van der Waals surface area contributed by atoms with Crippen molar-refractivity contribution in [3.63, 3.8) is 0 Å². The lowest BCUT2D eigenvalue weighted by Gasteiger charge is -2.14. The summed E-state index contributed by atoms with van der Waals surface area (Å²) in [5, 5.41) is 0. The zero-order valence-corrected chi connectivity index (χ0v) is 23.7. The van der Waals surface area contributed by atoms with Gasteiger partial charge in [0.1, 0.15) is 17.2 Å². The molecule has 2 aromatic carbocycles. The number of carbonyl (C=O) groups excluding carboxylic acids is 1. The van der Waals surface area contributed by atoms with Crippen molar-refractivity contribution in [2.24, 2.45) is 0 Å². The Hall–Kier alpha value is -2.49. The average Bonchev–Trinajstić information content (AvgIpc) is 2.92. The average molecular weight is 511 g/mol. The van der Waals surface area contributed by atoms with Gasteiger partial charge in [0, 0.05) is 12.0 Å². The standard InChI is InChI=1S/C33H50O4/c1-4-7-10-13-23-35-30-18-16-17-28(26-30)32(34)21-19-29-27-31(36-24-14-11-8-5-2)20-22-33(29)37-25-15-12-9-6-3/h16-18,20,22,26-27H,4-15,19,21,23-25H2,1-3H3. The van der Waals surface area contributed by atoms with Crippen LogP contribution >= 0.6 is 0 Å². The van der Waals surface area contributed by atoms with Gasteiger partial charge >= 0.3 is 0 Å². The molecule has 2 aromatic rings. The highest BCUT2D eigenvalue weighted by Gasteiger charge is 2.12. The number of unbranched alkanes of at least 4 members (excludes halogenated alkanes) is 9. The van der Waals surface area contributed by atoms with E-state index < -0.39 is 0 Å². The van der Waals surface area contributed by atoms with Crippen LogP contribution in [0.15, 0.2) is 42.5 Å². The number of Topliss-reactive ketones (excluding diaryl/α,β-unsaturated/α-hetero) is 1. The number of carbonyl (C=O) groups is 1. The third kappa shape index (κ3) is 13.0. The second-order valence-electron chi connectivity index (χ2n) is 9.95. The fourth-order valence-electron chi connectivity index (χ4n) is 4.28. The smallest absolute Gasteiger partial charge is 0.163 e. The highest BCUT2D eigenvalue weighted by atomic mass is 16.5. The number of rotatable bonds is 22. The molecule has 0 fully saturated rings. The second-order valence-corrected chi connectivity index (χ2v) is 9.95. The van der Waals surface area contributed by atoms with E-state index in [0.717, 1.165) is 48.7 Å². The zero-order chi connectivity index (χ0) is 26.6. The van der Waals surface area contributed by atoms with E-state index in [1.165, 1.54) is 57.8 Å². The first-order chi connectivity index (χ1) is 18.2. The number of hydrogen-bond donors (Lipinski definition) is 0. The van der Waals surface area contributed by atoms with Crippen LogP contribution in [0.3, 0.4) is 0 Å². The largest absolute Gasteiger partial charge is 0.494 e. The van der Waals surface area contributed by atoms with Crippen molar-refractivity contribution in [2.75, 3.05) is 19.8 Å². The molecule has 0 aliphatic carbocycles.